The first-order valence-corrected chi connectivity index (χ1v) is 6.83. The van der Waals surface area contributed by atoms with Crippen molar-refractivity contribution >= 4 is 27.3 Å². The second kappa shape index (κ2) is 5.12. The molecular weight excluding hydrogens is 286 g/mol. The summed E-state index contributed by atoms with van der Waals surface area (Å²) < 4.78 is 3.12. The largest absolute Gasteiger partial charge is 0.340 e. The molecule has 1 atom stereocenters. The van der Waals surface area contributed by atoms with Crippen molar-refractivity contribution in [2.24, 2.45) is 7.05 Å². The summed E-state index contributed by atoms with van der Waals surface area (Å²) in [5, 5.41) is 5.55. The van der Waals surface area contributed by atoms with Crippen LogP contribution in [0.1, 0.15) is 23.5 Å². The van der Waals surface area contributed by atoms with Gasteiger partial charge in [-0.1, -0.05) is 6.92 Å². The quantitative estimate of drug-likeness (QED) is 0.941. The summed E-state index contributed by atoms with van der Waals surface area (Å²) in [5.41, 5.74) is 1.06. The molecule has 86 valence electrons. The van der Waals surface area contributed by atoms with Crippen LogP contribution in [0.25, 0.3) is 0 Å². The van der Waals surface area contributed by atoms with Crippen LogP contribution in [0.3, 0.4) is 0 Å². The number of nitrogens with zero attached hydrogens (tertiary/aromatic N) is 2. The van der Waals surface area contributed by atoms with Gasteiger partial charge in [-0.25, -0.2) is 4.98 Å². The van der Waals surface area contributed by atoms with E-state index in [1.807, 2.05) is 17.9 Å². The van der Waals surface area contributed by atoms with Gasteiger partial charge in [-0.05, 0) is 33.9 Å². The Morgan fingerprint density at radius 2 is 2.44 bits per heavy atom. The Labute approximate surface area is 108 Å². The van der Waals surface area contributed by atoms with Crippen molar-refractivity contribution in [3.05, 3.63) is 39.0 Å². The highest BCUT2D eigenvalue weighted by molar-refractivity contribution is 9.10. The highest BCUT2D eigenvalue weighted by Gasteiger charge is 2.19. The van der Waals surface area contributed by atoms with E-state index in [1.54, 1.807) is 11.3 Å². The summed E-state index contributed by atoms with van der Waals surface area (Å²) in [6.45, 7) is 3.03. The van der Waals surface area contributed by atoms with Gasteiger partial charge in [0.05, 0.1) is 18.1 Å². The Hall–Kier alpha value is -0.650. The molecule has 0 bridgehead atoms. The monoisotopic (exact) mass is 299 g/mol. The van der Waals surface area contributed by atoms with Gasteiger partial charge in [0, 0.05) is 22.6 Å². The fourth-order valence-electron chi connectivity index (χ4n) is 1.63. The highest BCUT2D eigenvalue weighted by atomic mass is 79.9. The molecule has 16 heavy (non-hydrogen) atoms. The minimum absolute atomic E-state index is 0.181. The molecule has 0 aliphatic heterocycles. The first-order valence-electron chi connectivity index (χ1n) is 5.16. The third-order valence-corrected chi connectivity index (χ3v) is 4.27. The molecule has 2 aromatic rings. The van der Waals surface area contributed by atoms with Gasteiger partial charge in [-0.15, -0.1) is 11.3 Å². The average Bonchev–Trinajstić information content (AvgIpc) is 2.84. The van der Waals surface area contributed by atoms with Crippen molar-refractivity contribution in [3.8, 4) is 0 Å². The summed E-state index contributed by atoms with van der Waals surface area (Å²) in [4.78, 5) is 5.70. The molecule has 0 saturated heterocycles. The second-order valence-electron chi connectivity index (χ2n) is 3.59. The van der Waals surface area contributed by atoms with Gasteiger partial charge < -0.3 is 9.88 Å². The molecule has 1 unspecified atom stereocenters. The van der Waals surface area contributed by atoms with Crippen LogP contribution in [0.4, 0.5) is 0 Å². The normalized spacial score (nSPS) is 12.9. The van der Waals surface area contributed by atoms with E-state index >= 15 is 0 Å². The number of rotatable bonds is 4. The molecule has 2 rings (SSSR count). The predicted octanol–water partition coefficient (Wildman–Crippen LogP) is 2.94. The topological polar surface area (TPSA) is 29.9 Å². The molecule has 5 heteroatoms. The zero-order valence-corrected chi connectivity index (χ0v) is 11.7. The minimum atomic E-state index is 0.181. The van der Waals surface area contributed by atoms with Crippen LogP contribution in [-0.4, -0.2) is 16.1 Å². The summed E-state index contributed by atoms with van der Waals surface area (Å²) in [6.07, 6.45) is 3.89. The zero-order chi connectivity index (χ0) is 11.5. The van der Waals surface area contributed by atoms with Crippen LogP contribution in [-0.2, 0) is 7.05 Å². The molecule has 0 spiro atoms. The smallest absolute Gasteiger partial charge is 0.0947 e. The standard InChI is InChI=1S/C11H14BrN3S/c1-3-13-10(9-6-15(2)7-14-9)11-8(12)4-5-16-11/h4-7,10,13H,3H2,1-2H3. The minimum Gasteiger partial charge on any atom is -0.340 e. The number of aryl methyl sites for hydroxylation is 1. The Bertz CT molecular complexity index is 463. The van der Waals surface area contributed by atoms with E-state index < -0.39 is 0 Å². The molecule has 2 aromatic heterocycles. The Morgan fingerprint density at radius 3 is 2.94 bits per heavy atom. The number of hydrogen-bond acceptors (Lipinski definition) is 3. The van der Waals surface area contributed by atoms with Crippen molar-refractivity contribution in [1.29, 1.82) is 0 Å². The van der Waals surface area contributed by atoms with Gasteiger partial charge >= 0.3 is 0 Å². The van der Waals surface area contributed by atoms with E-state index in [0.29, 0.717) is 0 Å². The van der Waals surface area contributed by atoms with Gasteiger partial charge in [0.15, 0.2) is 0 Å². The maximum absolute atomic E-state index is 4.42. The van der Waals surface area contributed by atoms with Gasteiger partial charge in [-0.2, -0.15) is 0 Å². The first-order chi connectivity index (χ1) is 7.72. The van der Waals surface area contributed by atoms with Gasteiger partial charge in [0.1, 0.15) is 0 Å². The lowest BCUT2D eigenvalue weighted by molar-refractivity contribution is 0.624. The van der Waals surface area contributed by atoms with Crippen LogP contribution < -0.4 is 5.32 Å². The average molecular weight is 300 g/mol. The third-order valence-electron chi connectivity index (χ3n) is 2.34. The van der Waals surface area contributed by atoms with Gasteiger partial charge in [-0.3, -0.25) is 0 Å². The first kappa shape index (κ1) is 11.8. The molecule has 0 aliphatic carbocycles. The Morgan fingerprint density at radius 1 is 1.62 bits per heavy atom. The number of thiophene rings is 1. The van der Waals surface area contributed by atoms with E-state index in [-0.39, 0.29) is 6.04 Å². The van der Waals surface area contributed by atoms with Crippen LogP contribution in [0.5, 0.6) is 0 Å². The van der Waals surface area contributed by atoms with E-state index in [1.165, 1.54) is 4.88 Å². The summed E-state index contributed by atoms with van der Waals surface area (Å²) >= 11 is 5.32. The van der Waals surface area contributed by atoms with Crippen LogP contribution in [0, 0.1) is 0 Å². The molecule has 1 N–H and O–H groups in total. The molecule has 2 heterocycles. The van der Waals surface area contributed by atoms with Crippen molar-refractivity contribution < 1.29 is 0 Å². The van der Waals surface area contributed by atoms with E-state index in [9.17, 15) is 0 Å². The highest BCUT2D eigenvalue weighted by Crippen LogP contribution is 2.32. The number of nitrogens with one attached hydrogen (secondary N) is 1. The van der Waals surface area contributed by atoms with E-state index in [2.05, 4.69) is 50.8 Å². The predicted molar refractivity (Wildman–Crippen MR) is 70.7 cm³/mol. The van der Waals surface area contributed by atoms with E-state index in [4.69, 9.17) is 0 Å². The van der Waals surface area contributed by atoms with E-state index in [0.717, 1.165) is 16.7 Å². The van der Waals surface area contributed by atoms with Crippen molar-refractivity contribution in [1.82, 2.24) is 14.9 Å². The zero-order valence-electron chi connectivity index (χ0n) is 9.27. The Kier molecular flexibility index (Phi) is 3.78. The fraction of sp³-hybridized carbons (Fsp3) is 0.364. The molecule has 0 saturated carbocycles. The number of aromatic nitrogens is 2. The summed E-state index contributed by atoms with van der Waals surface area (Å²) in [6, 6.07) is 2.26. The number of imidazole rings is 1. The Balaban J connectivity index is 2.34. The third kappa shape index (κ3) is 2.36. The summed E-state index contributed by atoms with van der Waals surface area (Å²) in [5.74, 6) is 0. The maximum atomic E-state index is 4.42. The molecule has 0 aromatic carbocycles. The molecule has 0 fully saturated rings. The maximum Gasteiger partial charge on any atom is 0.0947 e. The lowest BCUT2D eigenvalue weighted by Crippen LogP contribution is -2.21. The molecule has 0 amide bonds. The van der Waals surface area contributed by atoms with Crippen LogP contribution >= 0.6 is 27.3 Å². The lowest BCUT2D eigenvalue weighted by Gasteiger charge is -2.14. The van der Waals surface area contributed by atoms with Gasteiger partial charge in [0.2, 0.25) is 0 Å². The van der Waals surface area contributed by atoms with Crippen LogP contribution in [0.15, 0.2) is 28.4 Å². The van der Waals surface area contributed by atoms with Crippen molar-refractivity contribution in [3.63, 3.8) is 0 Å². The van der Waals surface area contributed by atoms with Gasteiger partial charge in [0.25, 0.3) is 0 Å². The SMILES string of the molecule is CCNC(c1cn(C)cn1)c1sccc1Br. The second-order valence-corrected chi connectivity index (χ2v) is 5.39. The van der Waals surface area contributed by atoms with Crippen molar-refractivity contribution in [2.45, 2.75) is 13.0 Å². The fourth-order valence-corrected chi connectivity index (χ4v) is 3.32. The molecule has 0 aliphatic rings. The number of halogens is 1. The molecule has 0 radical (unpaired) electrons. The number of hydrogen-bond donors (Lipinski definition) is 1. The lowest BCUT2D eigenvalue weighted by atomic mass is 10.2. The summed E-state index contributed by atoms with van der Waals surface area (Å²) in [7, 11) is 1.99. The molecular formula is C11H14BrN3S. The van der Waals surface area contributed by atoms with Crippen molar-refractivity contribution in [2.75, 3.05) is 6.54 Å². The molecule has 3 nitrogen and oxygen atoms in total. The van der Waals surface area contributed by atoms with Crippen LogP contribution in [0.2, 0.25) is 0 Å².